The Balaban J connectivity index is 1.84. The van der Waals surface area contributed by atoms with Gasteiger partial charge in [-0.05, 0) is 50.9 Å². The molecule has 2 N–H and O–H groups in total. The molecular weight excluding hydrogens is 318 g/mol. The van der Waals surface area contributed by atoms with Crippen molar-refractivity contribution in [2.75, 3.05) is 6.54 Å². The van der Waals surface area contributed by atoms with Gasteiger partial charge in [-0.1, -0.05) is 33.6 Å². The number of hydrogen-bond acceptors (Lipinski definition) is 3. The number of imide groups is 1. The second-order valence-corrected chi connectivity index (χ2v) is 8.38. The van der Waals surface area contributed by atoms with E-state index in [1.54, 1.807) is 0 Å². The van der Waals surface area contributed by atoms with E-state index in [0.717, 1.165) is 37.0 Å². The summed E-state index contributed by atoms with van der Waals surface area (Å²) in [6.07, 6.45) is 6.30. The van der Waals surface area contributed by atoms with E-state index < -0.39 is 11.6 Å². The average molecular weight is 351 g/mol. The van der Waals surface area contributed by atoms with E-state index in [4.69, 9.17) is 0 Å². The summed E-state index contributed by atoms with van der Waals surface area (Å²) < 4.78 is 0. The Morgan fingerprint density at radius 1 is 1.24 bits per heavy atom. The lowest BCUT2D eigenvalue weighted by Gasteiger charge is -2.33. The van der Waals surface area contributed by atoms with Crippen LogP contribution in [0.15, 0.2) is 0 Å². The van der Waals surface area contributed by atoms with Crippen LogP contribution in [0.3, 0.4) is 0 Å². The molecule has 1 aliphatic carbocycles. The van der Waals surface area contributed by atoms with Crippen LogP contribution < -0.4 is 10.6 Å². The second-order valence-electron chi connectivity index (χ2n) is 8.38. The molecule has 1 saturated heterocycles. The van der Waals surface area contributed by atoms with E-state index in [0.29, 0.717) is 24.7 Å². The maximum atomic E-state index is 12.7. The molecule has 4 amide bonds. The van der Waals surface area contributed by atoms with Crippen LogP contribution in [0.25, 0.3) is 0 Å². The minimum absolute atomic E-state index is 0.0523. The van der Waals surface area contributed by atoms with E-state index in [9.17, 15) is 14.4 Å². The number of rotatable bonds is 7. The molecule has 6 heteroatoms. The fourth-order valence-corrected chi connectivity index (χ4v) is 3.78. The minimum atomic E-state index is -0.771. The van der Waals surface area contributed by atoms with E-state index in [1.807, 2.05) is 6.92 Å². The Labute approximate surface area is 151 Å². The normalized spacial score (nSPS) is 27.7. The Kier molecular flexibility index (Phi) is 6.47. The van der Waals surface area contributed by atoms with Gasteiger partial charge in [0.15, 0.2) is 0 Å². The summed E-state index contributed by atoms with van der Waals surface area (Å²) in [6.45, 7) is 8.32. The average Bonchev–Trinajstić information content (AvgIpc) is 2.74. The lowest BCUT2D eigenvalue weighted by atomic mass is 9.77. The summed E-state index contributed by atoms with van der Waals surface area (Å²) in [4.78, 5) is 38.3. The summed E-state index contributed by atoms with van der Waals surface area (Å²) in [5, 5.41) is 5.76. The molecule has 2 aliphatic rings. The first kappa shape index (κ1) is 19.7. The van der Waals surface area contributed by atoms with Crippen LogP contribution in [0.1, 0.15) is 72.6 Å². The highest BCUT2D eigenvalue weighted by Crippen LogP contribution is 2.36. The molecule has 2 rings (SSSR count). The van der Waals surface area contributed by atoms with Gasteiger partial charge >= 0.3 is 6.03 Å². The van der Waals surface area contributed by atoms with Crippen LogP contribution >= 0.6 is 0 Å². The van der Waals surface area contributed by atoms with Crippen molar-refractivity contribution in [3.05, 3.63) is 0 Å². The van der Waals surface area contributed by atoms with Crippen molar-refractivity contribution in [3.8, 4) is 0 Å². The molecule has 142 valence electrons. The molecule has 0 unspecified atom stereocenters. The number of hydrogen-bond donors (Lipinski definition) is 2. The Hall–Kier alpha value is -1.59. The van der Waals surface area contributed by atoms with Gasteiger partial charge in [0.1, 0.15) is 12.1 Å². The zero-order valence-corrected chi connectivity index (χ0v) is 16.1. The first-order chi connectivity index (χ1) is 11.7. The van der Waals surface area contributed by atoms with E-state index in [1.165, 1.54) is 0 Å². The Bertz CT molecular complexity index is 510. The molecule has 1 aliphatic heterocycles. The molecule has 1 saturated carbocycles. The van der Waals surface area contributed by atoms with Gasteiger partial charge in [-0.15, -0.1) is 0 Å². The fraction of sp³-hybridized carbons (Fsp3) is 0.842. The van der Waals surface area contributed by atoms with Crippen molar-refractivity contribution in [2.24, 2.45) is 11.8 Å². The SMILES string of the molecule is CC(C)CCC[C@H](C)NC(=O)CN1C(=O)NC2(CCC(C)CC2)C1=O. The summed E-state index contributed by atoms with van der Waals surface area (Å²) in [5.41, 5.74) is -0.771. The number of carbonyl (C=O) groups excluding carboxylic acids is 3. The van der Waals surface area contributed by atoms with Crippen molar-refractivity contribution < 1.29 is 14.4 Å². The summed E-state index contributed by atoms with van der Waals surface area (Å²) in [5.74, 6) is 0.747. The van der Waals surface area contributed by atoms with E-state index in [-0.39, 0.29) is 24.4 Å². The maximum Gasteiger partial charge on any atom is 0.325 e. The number of nitrogens with zero attached hydrogens (tertiary/aromatic N) is 1. The van der Waals surface area contributed by atoms with Crippen molar-refractivity contribution >= 4 is 17.8 Å². The van der Waals surface area contributed by atoms with Gasteiger partial charge in [-0.3, -0.25) is 14.5 Å². The fourth-order valence-electron chi connectivity index (χ4n) is 3.78. The largest absolute Gasteiger partial charge is 0.352 e. The van der Waals surface area contributed by atoms with Crippen LogP contribution in [0.2, 0.25) is 0 Å². The van der Waals surface area contributed by atoms with Crippen LogP contribution in [-0.4, -0.2) is 40.9 Å². The first-order valence-electron chi connectivity index (χ1n) is 9.67. The zero-order valence-electron chi connectivity index (χ0n) is 16.1. The lowest BCUT2D eigenvalue weighted by Crippen LogP contribution is -2.50. The zero-order chi connectivity index (χ0) is 18.6. The maximum absolute atomic E-state index is 12.7. The molecular formula is C19H33N3O3. The molecule has 0 radical (unpaired) electrons. The molecule has 1 spiro atoms. The summed E-state index contributed by atoms with van der Waals surface area (Å²) in [6, 6.07) is -0.376. The first-order valence-corrected chi connectivity index (χ1v) is 9.67. The highest BCUT2D eigenvalue weighted by atomic mass is 16.2. The third-order valence-electron chi connectivity index (χ3n) is 5.50. The smallest absolute Gasteiger partial charge is 0.325 e. The highest BCUT2D eigenvalue weighted by Gasteiger charge is 2.52. The van der Waals surface area contributed by atoms with Crippen molar-refractivity contribution in [3.63, 3.8) is 0 Å². The van der Waals surface area contributed by atoms with Crippen LogP contribution in [0.5, 0.6) is 0 Å². The molecule has 0 aromatic heterocycles. The van der Waals surface area contributed by atoms with Gasteiger partial charge in [0.25, 0.3) is 5.91 Å². The number of carbonyl (C=O) groups is 3. The molecule has 1 heterocycles. The number of amides is 4. The van der Waals surface area contributed by atoms with Gasteiger partial charge in [-0.25, -0.2) is 4.79 Å². The van der Waals surface area contributed by atoms with Gasteiger partial charge in [0.05, 0.1) is 0 Å². The van der Waals surface area contributed by atoms with Crippen molar-refractivity contribution in [1.82, 2.24) is 15.5 Å². The Morgan fingerprint density at radius 3 is 2.48 bits per heavy atom. The van der Waals surface area contributed by atoms with Gasteiger partial charge in [-0.2, -0.15) is 0 Å². The molecule has 2 fully saturated rings. The molecule has 0 aromatic carbocycles. The third kappa shape index (κ3) is 4.95. The predicted octanol–water partition coefficient (Wildman–Crippen LogP) is 2.82. The topological polar surface area (TPSA) is 78.5 Å². The van der Waals surface area contributed by atoms with Crippen LogP contribution in [0, 0.1) is 11.8 Å². The molecule has 0 aromatic rings. The molecule has 1 atom stereocenters. The number of urea groups is 1. The number of nitrogens with one attached hydrogen (secondary N) is 2. The lowest BCUT2D eigenvalue weighted by molar-refractivity contribution is -0.136. The van der Waals surface area contributed by atoms with Gasteiger partial charge < -0.3 is 10.6 Å². The van der Waals surface area contributed by atoms with Crippen molar-refractivity contribution in [1.29, 1.82) is 0 Å². The standard InChI is InChI=1S/C19H33N3O3/c1-13(2)6-5-7-15(4)20-16(23)12-22-17(24)19(21-18(22)25)10-8-14(3)9-11-19/h13-15H,5-12H2,1-4H3,(H,20,23)(H,21,25)/t14?,15-,19?/m0/s1. The molecule has 6 nitrogen and oxygen atoms in total. The predicted molar refractivity (Wildman–Crippen MR) is 96.9 cm³/mol. The monoisotopic (exact) mass is 351 g/mol. The summed E-state index contributed by atoms with van der Waals surface area (Å²) >= 11 is 0. The highest BCUT2D eigenvalue weighted by molar-refractivity contribution is 6.09. The van der Waals surface area contributed by atoms with Crippen molar-refractivity contribution in [2.45, 2.75) is 84.2 Å². The molecule has 0 bridgehead atoms. The van der Waals surface area contributed by atoms with Gasteiger partial charge in [0.2, 0.25) is 5.91 Å². The third-order valence-corrected chi connectivity index (χ3v) is 5.50. The van der Waals surface area contributed by atoms with Crippen LogP contribution in [-0.2, 0) is 9.59 Å². The van der Waals surface area contributed by atoms with Gasteiger partial charge in [0, 0.05) is 6.04 Å². The quantitative estimate of drug-likeness (QED) is 0.692. The Morgan fingerprint density at radius 2 is 1.88 bits per heavy atom. The van der Waals surface area contributed by atoms with E-state index >= 15 is 0 Å². The molecule has 25 heavy (non-hydrogen) atoms. The summed E-state index contributed by atoms with van der Waals surface area (Å²) in [7, 11) is 0. The second kappa shape index (κ2) is 8.19. The van der Waals surface area contributed by atoms with Crippen LogP contribution in [0.4, 0.5) is 4.79 Å². The minimum Gasteiger partial charge on any atom is -0.352 e. The van der Waals surface area contributed by atoms with E-state index in [2.05, 4.69) is 31.4 Å².